The van der Waals surface area contributed by atoms with Gasteiger partial charge in [0, 0.05) is 35.0 Å². The Morgan fingerprint density at radius 2 is 1.81 bits per heavy atom. The molecule has 1 aromatic carbocycles. The van der Waals surface area contributed by atoms with Crippen LogP contribution in [0, 0.1) is 5.92 Å². The first-order chi connectivity index (χ1) is 15.4. The smallest absolute Gasteiger partial charge is 0.165 e. The quantitative estimate of drug-likeness (QED) is 0.533. The Morgan fingerprint density at radius 3 is 2.61 bits per heavy atom. The molecule has 0 atom stereocenters. The summed E-state index contributed by atoms with van der Waals surface area (Å²) in [6.07, 6.45) is 8.40. The molecule has 3 aromatic heterocycles. The second-order valence-electron chi connectivity index (χ2n) is 8.55. The number of benzene rings is 1. The van der Waals surface area contributed by atoms with Gasteiger partial charge in [-0.15, -0.1) is 0 Å². The first-order valence-electron chi connectivity index (χ1n) is 11.2. The van der Waals surface area contributed by atoms with Crippen LogP contribution in [-0.4, -0.2) is 39.2 Å². The lowest BCUT2D eigenvalue weighted by molar-refractivity contribution is 0.369. The van der Waals surface area contributed by atoms with Crippen LogP contribution in [0.2, 0.25) is 0 Å². The van der Waals surface area contributed by atoms with Gasteiger partial charge in [0.15, 0.2) is 5.65 Å². The summed E-state index contributed by atoms with van der Waals surface area (Å²) in [4.78, 5) is 9.88. The molecule has 2 N–H and O–H groups in total. The molecule has 6 heteroatoms. The van der Waals surface area contributed by atoms with E-state index < -0.39 is 0 Å². The Morgan fingerprint density at radius 1 is 0.935 bits per heavy atom. The molecule has 1 saturated heterocycles. The molecule has 2 aliphatic rings. The minimum atomic E-state index is 0.707. The van der Waals surface area contributed by atoms with Crippen molar-refractivity contribution >= 4 is 11.5 Å². The highest BCUT2D eigenvalue weighted by molar-refractivity contribution is 5.79. The molecule has 0 amide bonds. The van der Waals surface area contributed by atoms with Crippen molar-refractivity contribution in [1.82, 2.24) is 24.9 Å². The molecule has 0 radical (unpaired) electrons. The van der Waals surface area contributed by atoms with E-state index in [1.54, 1.807) is 0 Å². The minimum absolute atomic E-state index is 0.707. The number of nitrogens with zero attached hydrogens (tertiary/aromatic N) is 4. The van der Waals surface area contributed by atoms with E-state index in [4.69, 9.17) is 9.97 Å². The molecule has 1 fully saturated rings. The van der Waals surface area contributed by atoms with Gasteiger partial charge in [-0.05, 0) is 50.8 Å². The topological polar surface area (TPSA) is 67.1 Å². The van der Waals surface area contributed by atoms with Gasteiger partial charge in [0.05, 0.1) is 17.6 Å². The highest BCUT2D eigenvalue weighted by atomic mass is 15.3. The molecular weight excluding hydrogens is 384 g/mol. The number of rotatable bonds is 4. The van der Waals surface area contributed by atoms with Crippen molar-refractivity contribution < 1.29 is 0 Å². The summed E-state index contributed by atoms with van der Waals surface area (Å²) in [6, 6.07) is 14.5. The van der Waals surface area contributed by atoms with E-state index in [1.807, 2.05) is 35.1 Å². The third kappa shape index (κ3) is 3.37. The van der Waals surface area contributed by atoms with Crippen molar-refractivity contribution in [1.29, 1.82) is 0 Å². The Balaban J connectivity index is 1.39. The fourth-order valence-corrected chi connectivity index (χ4v) is 4.89. The number of piperidine rings is 1. The van der Waals surface area contributed by atoms with Gasteiger partial charge in [-0.3, -0.25) is 4.98 Å². The fourth-order valence-electron chi connectivity index (χ4n) is 4.89. The summed E-state index contributed by atoms with van der Waals surface area (Å²) in [6.45, 7) is 3.19. The molecule has 6 nitrogen and oxygen atoms in total. The number of nitrogens with one attached hydrogen (secondary N) is 2. The van der Waals surface area contributed by atoms with Crippen molar-refractivity contribution in [2.75, 3.05) is 25.0 Å². The molecule has 5 heterocycles. The largest absolute Gasteiger partial charge is 0.369 e. The van der Waals surface area contributed by atoms with E-state index in [2.05, 4.69) is 40.0 Å². The van der Waals surface area contributed by atoms with Crippen molar-refractivity contribution in [2.24, 2.45) is 5.92 Å². The highest BCUT2D eigenvalue weighted by Crippen LogP contribution is 2.33. The number of pyridine rings is 1. The van der Waals surface area contributed by atoms with Crippen LogP contribution in [0.3, 0.4) is 0 Å². The monoisotopic (exact) mass is 410 g/mol. The number of anilines is 1. The van der Waals surface area contributed by atoms with Crippen LogP contribution in [0.15, 0.2) is 54.9 Å². The van der Waals surface area contributed by atoms with E-state index in [1.165, 1.54) is 24.1 Å². The van der Waals surface area contributed by atoms with E-state index >= 15 is 0 Å². The fraction of sp³-hybridized carbons (Fsp3) is 0.320. The SMILES string of the molecule is c1ccc(-c2ccc(-c3cnn4c5c(c(CC6CCNCC6)nc34)CCN5)cn2)cc1. The molecule has 6 rings (SSSR count). The molecule has 0 unspecified atom stereocenters. The van der Waals surface area contributed by atoms with Crippen LogP contribution >= 0.6 is 0 Å². The molecule has 0 spiro atoms. The zero-order valence-corrected chi connectivity index (χ0v) is 17.5. The van der Waals surface area contributed by atoms with Crippen molar-refractivity contribution in [3.05, 3.63) is 66.1 Å². The molecular formula is C25H26N6. The number of aromatic nitrogens is 4. The third-order valence-corrected chi connectivity index (χ3v) is 6.58. The van der Waals surface area contributed by atoms with Gasteiger partial charge in [0.25, 0.3) is 0 Å². The second kappa shape index (κ2) is 7.78. The summed E-state index contributed by atoms with van der Waals surface area (Å²) >= 11 is 0. The van der Waals surface area contributed by atoms with Crippen LogP contribution in [-0.2, 0) is 12.8 Å². The average molecular weight is 411 g/mol. The highest BCUT2D eigenvalue weighted by Gasteiger charge is 2.25. The van der Waals surface area contributed by atoms with E-state index in [0.29, 0.717) is 5.92 Å². The average Bonchev–Trinajstić information content (AvgIpc) is 3.48. The summed E-state index contributed by atoms with van der Waals surface area (Å²) < 4.78 is 1.98. The van der Waals surface area contributed by atoms with Crippen LogP contribution in [0.5, 0.6) is 0 Å². The molecule has 4 aromatic rings. The van der Waals surface area contributed by atoms with Crippen molar-refractivity contribution in [3.8, 4) is 22.4 Å². The maximum atomic E-state index is 5.17. The minimum Gasteiger partial charge on any atom is -0.369 e. The van der Waals surface area contributed by atoms with Gasteiger partial charge in [-0.1, -0.05) is 36.4 Å². The lowest BCUT2D eigenvalue weighted by Crippen LogP contribution is -2.29. The Bertz CT molecular complexity index is 1210. The van der Waals surface area contributed by atoms with Crippen molar-refractivity contribution in [3.63, 3.8) is 0 Å². The zero-order valence-electron chi connectivity index (χ0n) is 17.5. The normalized spacial score (nSPS) is 16.4. The first-order valence-corrected chi connectivity index (χ1v) is 11.2. The first kappa shape index (κ1) is 18.5. The zero-order chi connectivity index (χ0) is 20.6. The molecule has 0 saturated carbocycles. The molecule has 2 aliphatic heterocycles. The molecule has 0 bridgehead atoms. The maximum absolute atomic E-state index is 5.17. The van der Waals surface area contributed by atoms with E-state index in [-0.39, 0.29) is 0 Å². The molecule has 31 heavy (non-hydrogen) atoms. The van der Waals surface area contributed by atoms with E-state index in [9.17, 15) is 0 Å². The molecule has 0 aliphatic carbocycles. The lowest BCUT2D eigenvalue weighted by atomic mass is 9.91. The van der Waals surface area contributed by atoms with Crippen LogP contribution < -0.4 is 10.6 Å². The standard InChI is InChI=1S/C25H26N6/c1-2-4-18(5-3-1)22-7-6-19(15-28-22)21-16-29-31-24-20(10-13-27-24)23(30-25(21)31)14-17-8-11-26-12-9-17/h1-7,15-17,26-27H,8-14H2. The Kier molecular flexibility index (Phi) is 4.65. The number of hydrogen-bond acceptors (Lipinski definition) is 5. The van der Waals surface area contributed by atoms with Gasteiger partial charge in [-0.2, -0.15) is 9.61 Å². The Hall–Kier alpha value is -3.25. The van der Waals surface area contributed by atoms with Gasteiger partial charge >= 0.3 is 0 Å². The number of hydrogen-bond donors (Lipinski definition) is 2. The maximum Gasteiger partial charge on any atom is 0.165 e. The number of fused-ring (bicyclic) bond motifs is 3. The van der Waals surface area contributed by atoms with Gasteiger partial charge in [0.1, 0.15) is 5.82 Å². The van der Waals surface area contributed by atoms with Crippen LogP contribution in [0.25, 0.3) is 28.0 Å². The van der Waals surface area contributed by atoms with Crippen LogP contribution in [0.1, 0.15) is 24.1 Å². The summed E-state index contributed by atoms with van der Waals surface area (Å²) in [5.41, 5.74) is 7.70. The molecule has 156 valence electrons. The lowest BCUT2D eigenvalue weighted by Gasteiger charge is -2.23. The van der Waals surface area contributed by atoms with Gasteiger partial charge in [-0.25, -0.2) is 4.98 Å². The Labute approximate surface area is 181 Å². The summed E-state index contributed by atoms with van der Waals surface area (Å²) in [5.74, 6) is 1.83. The summed E-state index contributed by atoms with van der Waals surface area (Å²) in [5, 5.41) is 11.7. The predicted molar refractivity (Wildman–Crippen MR) is 123 cm³/mol. The second-order valence-corrected chi connectivity index (χ2v) is 8.55. The summed E-state index contributed by atoms with van der Waals surface area (Å²) in [7, 11) is 0. The van der Waals surface area contributed by atoms with Crippen molar-refractivity contribution in [2.45, 2.75) is 25.7 Å². The van der Waals surface area contributed by atoms with Gasteiger partial charge < -0.3 is 10.6 Å². The van der Waals surface area contributed by atoms with E-state index in [0.717, 1.165) is 66.3 Å². The van der Waals surface area contributed by atoms with Gasteiger partial charge in [0.2, 0.25) is 0 Å². The predicted octanol–water partition coefficient (Wildman–Crippen LogP) is 3.97. The van der Waals surface area contributed by atoms with Crippen LogP contribution in [0.4, 0.5) is 5.82 Å². The third-order valence-electron chi connectivity index (χ3n) is 6.58.